The molecule has 1 aromatic heterocycles. The predicted molar refractivity (Wildman–Crippen MR) is 138 cm³/mol. The lowest BCUT2D eigenvalue weighted by Crippen LogP contribution is -2.41. The molecule has 0 saturated carbocycles. The first kappa shape index (κ1) is 27.8. The summed E-state index contributed by atoms with van der Waals surface area (Å²) in [5.41, 5.74) is 3.06. The van der Waals surface area contributed by atoms with E-state index in [1.165, 1.54) is 17.3 Å². The van der Waals surface area contributed by atoms with Gasteiger partial charge in [-0.3, -0.25) is 9.59 Å². The van der Waals surface area contributed by atoms with E-state index in [1.807, 2.05) is 46.1 Å². The molecule has 0 aliphatic carbocycles. The fourth-order valence-electron chi connectivity index (χ4n) is 4.08. The quantitative estimate of drug-likeness (QED) is 0.402. The molecule has 0 spiro atoms. The zero-order valence-electron chi connectivity index (χ0n) is 21.0. The lowest BCUT2D eigenvalue weighted by molar-refractivity contribution is -0.143. The zero-order valence-corrected chi connectivity index (χ0v) is 22.6. The van der Waals surface area contributed by atoms with Gasteiger partial charge in [0.15, 0.2) is 5.78 Å². The number of allylic oxidation sites excluding steroid dienone is 1. The van der Waals surface area contributed by atoms with Crippen LogP contribution in [-0.2, 0) is 14.3 Å². The molecule has 1 N–H and O–H groups in total. The molecule has 7 heteroatoms. The molecule has 4 atom stereocenters. The second-order valence-electron chi connectivity index (χ2n) is 9.76. The molecule has 0 bridgehead atoms. The molecular formula is C26H39NO4S2. The third-order valence-corrected chi connectivity index (χ3v) is 8.45. The van der Waals surface area contributed by atoms with Gasteiger partial charge in [0, 0.05) is 17.7 Å². The molecule has 0 unspecified atom stereocenters. The van der Waals surface area contributed by atoms with E-state index in [0.29, 0.717) is 6.42 Å². The van der Waals surface area contributed by atoms with Gasteiger partial charge in [-0.25, -0.2) is 4.98 Å². The van der Waals surface area contributed by atoms with Crippen LogP contribution in [0.3, 0.4) is 0 Å². The number of aromatic nitrogens is 1. The van der Waals surface area contributed by atoms with Crippen LogP contribution in [0.4, 0.5) is 0 Å². The number of Topliss-reactive ketones (excluding diaryl/α,β-unsaturated/α-hetero) is 1. The van der Waals surface area contributed by atoms with Crippen LogP contribution < -0.4 is 0 Å². The van der Waals surface area contributed by atoms with Crippen molar-refractivity contribution in [3.8, 4) is 0 Å². The van der Waals surface area contributed by atoms with E-state index in [2.05, 4.69) is 18.0 Å². The normalized spacial score (nSPS) is 28.8. The molecule has 0 radical (unpaired) electrons. The van der Waals surface area contributed by atoms with Gasteiger partial charge < -0.3 is 9.84 Å². The van der Waals surface area contributed by atoms with Gasteiger partial charge >= 0.3 is 5.97 Å². The second kappa shape index (κ2) is 12.3. The summed E-state index contributed by atoms with van der Waals surface area (Å²) in [5.74, 6) is -0.737. The van der Waals surface area contributed by atoms with E-state index >= 15 is 0 Å². The van der Waals surface area contributed by atoms with Crippen molar-refractivity contribution in [3.05, 3.63) is 33.3 Å². The van der Waals surface area contributed by atoms with Crippen molar-refractivity contribution in [2.24, 2.45) is 11.8 Å². The van der Waals surface area contributed by atoms with Gasteiger partial charge in [-0.1, -0.05) is 25.5 Å². The fraction of sp³-hybridized carbons (Fsp3) is 0.654. The maximum Gasteiger partial charge on any atom is 0.316 e. The first-order valence-corrected chi connectivity index (χ1v) is 13.6. The number of aliphatic hydroxyl groups excluding tert-OH is 1. The molecule has 0 aromatic carbocycles. The first-order valence-electron chi connectivity index (χ1n) is 11.7. The van der Waals surface area contributed by atoms with Crippen LogP contribution in [0, 0.1) is 18.8 Å². The number of cyclic esters (lactones) is 1. The van der Waals surface area contributed by atoms with Crippen LogP contribution in [0.2, 0.25) is 0 Å². The Labute approximate surface area is 207 Å². The molecule has 2 rings (SSSR count). The molecule has 33 heavy (non-hydrogen) atoms. The van der Waals surface area contributed by atoms with Crippen LogP contribution in [0.25, 0.3) is 6.08 Å². The van der Waals surface area contributed by atoms with Gasteiger partial charge in [0.05, 0.1) is 27.3 Å². The molecule has 1 aliphatic heterocycles. The topological polar surface area (TPSA) is 76.5 Å². The second-order valence-corrected chi connectivity index (χ2v) is 12.4. The minimum Gasteiger partial charge on any atom is -0.457 e. The van der Waals surface area contributed by atoms with Crippen molar-refractivity contribution in [1.29, 1.82) is 0 Å². The number of thioether (sulfide) groups is 1. The number of ketones is 1. The van der Waals surface area contributed by atoms with E-state index in [0.717, 1.165) is 35.5 Å². The van der Waals surface area contributed by atoms with Crippen molar-refractivity contribution in [2.45, 2.75) is 91.1 Å². The number of hydrogen-bond donors (Lipinski definition) is 1. The monoisotopic (exact) mass is 493 g/mol. The molecule has 1 aromatic rings. The van der Waals surface area contributed by atoms with Gasteiger partial charge in [0.25, 0.3) is 0 Å². The van der Waals surface area contributed by atoms with Crippen molar-refractivity contribution >= 4 is 40.9 Å². The van der Waals surface area contributed by atoms with Gasteiger partial charge in [0.1, 0.15) is 6.10 Å². The van der Waals surface area contributed by atoms with E-state index in [-0.39, 0.29) is 29.5 Å². The number of aryl methyl sites for hydroxylation is 1. The molecule has 0 amide bonds. The number of hydrogen-bond acceptors (Lipinski definition) is 7. The number of nitrogens with zero attached hydrogens (tertiary/aromatic N) is 1. The number of esters is 1. The molecule has 0 fully saturated rings. The van der Waals surface area contributed by atoms with E-state index < -0.39 is 16.8 Å². The van der Waals surface area contributed by atoms with Gasteiger partial charge in [-0.2, -0.15) is 0 Å². The largest absolute Gasteiger partial charge is 0.457 e. The molecule has 5 nitrogen and oxygen atoms in total. The molecule has 2 heterocycles. The average molecular weight is 494 g/mol. The van der Waals surface area contributed by atoms with E-state index in [1.54, 1.807) is 18.3 Å². The van der Waals surface area contributed by atoms with Crippen molar-refractivity contribution in [3.63, 3.8) is 0 Å². The summed E-state index contributed by atoms with van der Waals surface area (Å²) in [6, 6.07) is 0. The Morgan fingerprint density at radius 1 is 1.27 bits per heavy atom. The Kier molecular flexibility index (Phi) is 10.4. The minimum atomic E-state index is -0.787. The number of carbonyl (C=O) groups is 2. The Balaban J connectivity index is 2.27. The third-order valence-electron chi connectivity index (χ3n) is 6.36. The zero-order chi connectivity index (χ0) is 24.8. The summed E-state index contributed by atoms with van der Waals surface area (Å²) in [7, 11) is 0. The Bertz CT molecular complexity index is 887. The first-order chi connectivity index (χ1) is 15.4. The Hall–Kier alpha value is -1.44. The summed E-state index contributed by atoms with van der Waals surface area (Å²) in [6.07, 6.45) is 6.39. The number of ether oxygens (including phenoxy) is 1. The van der Waals surface area contributed by atoms with Gasteiger partial charge in [-0.15, -0.1) is 23.1 Å². The standard InChI is InChI=1S/C26H39NO4S2/c1-16-9-8-10-17(2)24(29)19(4)25(30)26(6,7)33-15-23(28)31-22(12-11-16)18(3)13-21-14-32-20(5)27-21/h11,13-14,17,19,22,24,29H,8-10,12,15H2,1-7H3/t17-,19+,22-,24-/m0/s1. The Morgan fingerprint density at radius 2 is 1.97 bits per heavy atom. The highest BCUT2D eigenvalue weighted by atomic mass is 32.2. The van der Waals surface area contributed by atoms with Gasteiger partial charge in [-0.05, 0) is 71.4 Å². The summed E-state index contributed by atoms with van der Waals surface area (Å²) in [4.78, 5) is 30.3. The van der Waals surface area contributed by atoms with Crippen LogP contribution in [-0.4, -0.2) is 44.6 Å². The highest BCUT2D eigenvalue weighted by Crippen LogP contribution is 2.32. The van der Waals surface area contributed by atoms with E-state index in [4.69, 9.17) is 4.74 Å². The number of thiazole rings is 1. The predicted octanol–water partition coefficient (Wildman–Crippen LogP) is 6.00. The van der Waals surface area contributed by atoms with Crippen LogP contribution in [0.1, 0.15) is 77.9 Å². The molecule has 184 valence electrons. The SMILES string of the molecule is CC1=CC[C@@H](C(C)=Cc2csc(C)n2)OC(=O)CSC(C)(C)C(=O)[C@H](C)[C@@H](O)[C@@H](C)CCC1. The third kappa shape index (κ3) is 8.37. The lowest BCUT2D eigenvalue weighted by Gasteiger charge is -2.31. The van der Waals surface area contributed by atoms with Crippen molar-refractivity contribution in [2.75, 3.05) is 5.75 Å². The fourth-order valence-corrected chi connectivity index (χ4v) is 5.53. The molecular weight excluding hydrogens is 454 g/mol. The van der Waals surface area contributed by atoms with Crippen LogP contribution in [0.15, 0.2) is 22.6 Å². The van der Waals surface area contributed by atoms with Crippen molar-refractivity contribution in [1.82, 2.24) is 4.98 Å². The average Bonchev–Trinajstić information content (AvgIpc) is 3.17. The van der Waals surface area contributed by atoms with Crippen LogP contribution in [0.5, 0.6) is 0 Å². The molecule has 1 aliphatic rings. The highest BCUT2D eigenvalue weighted by molar-refractivity contribution is 8.02. The summed E-state index contributed by atoms with van der Waals surface area (Å²) in [6.45, 7) is 13.5. The number of carbonyl (C=O) groups excluding carboxylic acids is 2. The highest BCUT2D eigenvalue weighted by Gasteiger charge is 2.37. The number of aliphatic hydroxyl groups is 1. The van der Waals surface area contributed by atoms with E-state index in [9.17, 15) is 14.7 Å². The maximum atomic E-state index is 13.1. The van der Waals surface area contributed by atoms with Crippen molar-refractivity contribution < 1.29 is 19.4 Å². The Morgan fingerprint density at radius 3 is 2.61 bits per heavy atom. The minimum absolute atomic E-state index is 0.0330. The summed E-state index contributed by atoms with van der Waals surface area (Å²) >= 11 is 2.87. The smallest absolute Gasteiger partial charge is 0.316 e. The summed E-state index contributed by atoms with van der Waals surface area (Å²) < 4.78 is 5.09. The maximum absolute atomic E-state index is 13.1. The number of rotatable bonds is 2. The lowest BCUT2D eigenvalue weighted by atomic mass is 9.83. The van der Waals surface area contributed by atoms with Gasteiger partial charge in [0.2, 0.25) is 0 Å². The van der Waals surface area contributed by atoms with Crippen LogP contribution >= 0.6 is 23.1 Å². The molecule has 0 saturated heterocycles. The summed E-state index contributed by atoms with van der Waals surface area (Å²) in [5, 5.41) is 13.7.